The summed E-state index contributed by atoms with van der Waals surface area (Å²) < 4.78 is 5.20. The fourth-order valence-corrected chi connectivity index (χ4v) is 1.18. The number of furan rings is 1. The van der Waals surface area contributed by atoms with Gasteiger partial charge in [0.25, 0.3) is 5.91 Å². The monoisotopic (exact) mass is 169 g/mol. The van der Waals surface area contributed by atoms with Crippen LogP contribution in [0, 0.1) is 20.8 Å². The highest BCUT2D eigenvalue weighted by Gasteiger charge is 2.17. The fraction of sp³-hybridized carbons (Fsp3) is 0.375. The van der Waals surface area contributed by atoms with E-state index in [2.05, 4.69) is 0 Å². The van der Waals surface area contributed by atoms with Gasteiger partial charge in [0, 0.05) is 5.56 Å². The summed E-state index contributed by atoms with van der Waals surface area (Å²) in [5.41, 5.74) is 2.75. The zero-order chi connectivity index (χ0) is 9.30. The summed E-state index contributed by atoms with van der Waals surface area (Å²) in [5, 5.41) is 8.41. The van der Waals surface area contributed by atoms with E-state index in [0.717, 1.165) is 5.56 Å². The number of aryl methyl sites for hydroxylation is 2. The third-order valence-electron chi connectivity index (χ3n) is 1.89. The van der Waals surface area contributed by atoms with Gasteiger partial charge in [-0.1, -0.05) is 0 Å². The van der Waals surface area contributed by atoms with Crippen molar-refractivity contribution < 1.29 is 14.4 Å². The Balaban J connectivity index is 3.22. The van der Waals surface area contributed by atoms with Crippen LogP contribution in [0.2, 0.25) is 0 Å². The molecule has 1 heterocycles. The number of carbonyl (C=O) groups is 1. The largest absolute Gasteiger partial charge is 0.466 e. The van der Waals surface area contributed by atoms with Gasteiger partial charge in [-0.25, -0.2) is 5.48 Å². The minimum atomic E-state index is -0.526. The van der Waals surface area contributed by atoms with Crippen LogP contribution in [0.25, 0.3) is 0 Å². The third-order valence-corrected chi connectivity index (χ3v) is 1.89. The van der Waals surface area contributed by atoms with E-state index in [1.165, 1.54) is 0 Å². The second-order valence-corrected chi connectivity index (χ2v) is 2.66. The molecule has 0 radical (unpaired) electrons. The van der Waals surface area contributed by atoms with Gasteiger partial charge in [-0.3, -0.25) is 10.0 Å². The molecule has 1 aromatic rings. The van der Waals surface area contributed by atoms with E-state index in [-0.39, 0.29) is 0 Å². The van der Waals surface area contributed by atoms with Gasteiger partial charge in [0.15, 0.2) is 0 Å². The molecule has 0 bridgehead atoms. The van der Waals surface area contributed by atoms with Crippen molar-refractivity contribution in [3.8, 4) is 0 Å². The van der Waals surface area contributed by atoms with Crippen LogP contribution in [0.15, 0.2) is 4.42 Å². The van der Waals surface area contributed by atoms with Crippen LogP contribution in [-0.2, 0) is 0 Å². The van der Waals surface area contributed by atoms with E-state index in [9.17, 15) is 4.79 Å². The van der Waals surface area contributed by atoms with Crippen LogP contribution in [0.1, 0.15) is 27.4 Å². The maximum absolute atomic E-state index is 11.0. The van der Waals surface area contributed by atoms with Crippen LogP contribution in [0.3, 0.4) is 0 Å². The number of hydrogen-bond acceptors (Lipinski definition) is 3. The highest BCUT2D eigenvalue weighted by atomic mass is 16.5. The molecule has 0 aliphatic rings. The number of rotatable bonds is 1. The first kappa shape index (κ1) is 8.80. The van der Waals surface area contributed by atoms with E-state index in [1.54, 1.807) is 26.3 Å². The van der Waals surface area contributed by atoms with E-state index >= 15 is 0 Å². The molecule has 0 unspecified atom stereocenters. The van der Waals surface area contributed by atoms with Gasteiger partial charge in [-0.15, -0.1) is 0 Å². The molecule has 0 aliphatic carbocycles. The molecule has 4 heteroatoms. The quantitative estimate of drug-likeness (QED) is 0.492. The van der Waals surface area contributed by atoms with E-state index in [0.29, 0.717) is 17.1 Å². The Morgan fingerprint density at radius 2 is 1.92 bits per heavy atom. The van der Waals surface area contributed by atoms with Crippen molar-refractivity contribution in [2.45, 2.75) is 20.8 Å². The number of carbonyl (C=O) groups excluding carboxylic acids is 1. The molecule has 1 rings (SSSR count). The summed E-state index contributed by atoms with van der Waals surface area (Å²) in [6.45, 7) is 5.23. The van der Waals surface area contributed by atoms with Crippen molar-refractivity contribution in [2.75, 3.05) is 0 Å². The van der Waals surface area contributed by atoms with Gasteiger partial charge in [-0.2, -0.15) is 0 Å². The van der Waals surface area contributed by atoms with Gasteiger partial charge in [0.2, 0.25) is 0 Å². The molecular weight excluding hydrogens is 158 g/mol. The van der Waals surface area contributed by atoms with E-state index in [4.69, 9.17) is 9.62 Å². The number of nitrogens with one attached hydrogen (secondary N) is 1. The van der Waals surface area contributed by atoms with Crippen LogP contribution in [-0.4, -0.2) is 11.1 Å². The predicted octanol–water partition coefficient (Wildman–Crippen LogP) is 1.32. The second-order valence-electron chi connectivity index (χ2n) is 2.66. The molecule has 0 saturated carbocycles. The van der Waals surface area contributed by atoms with Gasteiger partial charge >= 0.3 is 0 Å². The Morgan fingerprint density at radius 1 is 1.33 bits per heavy atom. The average molecular weight is 169 g/mol. The Morgan fingerprint density at radius 3 is 2.25 bits per heavy atom. The normalized spacial score (nSPS) is 10.0. The standard InChI is InChI=1S/C8H11NO3/c1-4-5(2)12-6(3)7(4)8(10)9-11/h11H,1-3H3,(H,9,10). The smallest absolute Gasteiger partial charge is 0.278 e. The molecule has 0 saturated heterocycles. The molecule has 2 N–H and O–H groups in total. The minimum absolute atomic E-state index is 0.412. The molecule has 1 aromatic heterocycles. The SMILES string of the molecule is Cc1oc(C)c(C(=O)NO)c1C. The average Bonchev–Trinajstić information content (AvgIpc) is 2.26. The lowest BCUT2D eigenvalue weighted by molar-refractivity contribution is 0.0704. The van der Waals surface area contributed by atoms with E-state index < -0.39 is 5.91 Å². The summed E-state index contributed by atoms with van der Waals surface area (Å²) >= 11 is 0. The fourth-order valence-electron chi connectivity index (χ4n) is 1.18. The van der Waals surface area contributed by atoms with Gasteiger partial charge in [0.05, 0.1) is 5.56 Å². The van der Waals surface area contributed by atoms with Crippen molar-refractivity contribution in [1.29, 1.82) is 0 Å². The van der Waals surface area contributed by atoms with E-state index in [1.807, 2.05) is 0 Å². The zero-order valence-corrected chi connectivity index (χ0v) is 7.26. The molecule has 12 heavy (non-hydrogen) atoms. The lowest BCUT2D eigenvalue weighted by Gasteiger charge is -1.96. The first-order valence-corrected chi connectivity index (χ1v) is 3.59. The molecule has 0 aromatic carbocycles. The van der Waals surface area contributed by atoms with Crippen LogP contribution in [0.5, 0.6) is 0 Å². The molecule has 0 aliphatic heterocycles. The van der Waals surface area contributed by atoms with Crippen LogP contribution >= 0.6 is 0 Å². The highest BCUT2D eigenvalue weighted by Crippen LogP contribution is 2.19. The first-order valence-electron chi connectivity index (χ1n) is 3.59. The Hall–Kier alpha value is -1.29. The molecule has 0 atom stereocenters. The Kier molecular flexibility index (Phi) is 2.19. The summed E-state index contributed by atoms with van der Waals surface area (Å²) in [5.74, 6) is 0.699. The van der Waals surface area contributed by atoms with Crippen molar-refractivity contribution in [1.82, 2.24) is 5.48 Å². The Labute approximate surface area is 70.1 Å². The predicted molar refractivity (Wildman–Crippen MR) is 42.2 cm³/mol. The number of hydroxylamine groups is 1. The minimum Gasteiger partial charge on any atom is -0.466 e. The van der Waals surface area contributed by atoms with Gasteiger partial charge in [0.1, 0.15) is 11.5 Å². The summed E-state index contributed by atoms with van der Waals surface area (Å²) in [6.07, 6.45) is 0. The highest BCUT2D eigenvalue weighted by molar-refractivity contribution is 5.96. The van der Waals surface area contributed by atoms with Crippen molar-refractivity contribution in [3.63, 3.8) is 0 Å². The summed E-state index contributed by atoms with van der Waals surface area (Å²) in [7, 11) is 0. The molecule has 0 fully saturated rings. The maximum atomic E-state index is 11.0. The van der Waals surface area contributed by atoms with Crippen LogP contribution < -0.4 is 5.48 Å². The summed E-state index contributed by atoms with van der Waals surface area (Å²) in [4.78, 5) is 11.0. The number of amides is 1. The lowest BCUT2D eigenvalue weighted by atomic mass is 10.1. The molecule has 0 spiro atoms. The van der Waals surface area contributed by atoms with Gasteiger partial charge < -0.3 is 4.42 Å². The molecule has 1 amide bonds. The lowest BCUT2D eigenvalue weighted by Crippen LogP contribution is -2.19. The van der Waals surface area contributed by atoms with Gasteiger partial charge in [-0.05, 0) is 20.8 Å². The Bertz CT molecular complexity index is 314. The maximum Gasteiger partial charge on any atom is 0.278 e. The van der Waals surface area contributed by atoms with Crippen LogP contribution in [0.4, 0.5) is 0 Å². The summed E-state index contributed by atoms with van der Waals surface area (Å²) in [6, 6.07) is 0. The molecule has 4 nitrogen and oxygen atoms in total. The van der Waals surface area contributed by atoms with Crippen molar-refractivity contribution in [2.24, 2.45) is 0 Å². The first-order chi connectivity index (χ1) is 5.57. The molecular formula is C8H11NO3. The third kappa shape index (κ3) is 1.21. The van der Waals surface area contributed by atoms with Crippen molar-refractivity contribution in [3.05, 3.63) is 22.6 Å². The molecule has 66 valence electrons. The second kappa shape index (κ2) is 2.98. The van der Waals surface area contributed by atoms with Crippen molar-refractivity contribution >= 4 is 5.91 Å². The zero-order valence-electron chi connectivity index (χ0n) is 7.26. The topological polar surface area (TPSA) is 62.5 Å². The number of hydrogen-bond donors (Lipinski definition) is 2.